The number of likely N-dealkylation sites (tertiary alicyclic amines) is 1. The van der Waals surface area contributed by atoms with E-state index in [1.807, 2.05) is 0 Å². The van der Waals surface area contributed by atoms with Crippen molar-refractivity contribution in [3.63, 3.8) is 0 Å². The Bertz CT molecular complexity index is 810. The summed E-state index contributed by atoms with van der Waals surface area (Å²) >= 11 is 0. The molecule has 3 aliphatic heterocycles. The van der Waals surface area contributed by atoms with E-state index in [9.17, 15) is 10.2 Å². The van der Waals surface area contributed by atoms with Crippen molar-refractivity contribution in [2.75, 3.05) is 26.3 Å². The van der Waals surface area contributed by atoms with Gasteiger partial charge in [-0.3, -0.25) is 4.90 Å². The van der Waals surface area contributed by atoms with Gasteiger partial charge in [0.1, 0.15) is 6.10 Å². The van der Waals surface area contributed by atoms with Gasteiger partial charge >= 0.3 is 0 Å². The maximum atomic E-state index is 12.2. The third-order valence-corrected chi connectivity index (χ3v) is 10.7. The Hall–Kier alpha value is -0.500. The number of fused-ring (bicyclic) bond motifs is 8. The third kappa shape index (κ3) is 2.86. The van der Waals surface area contributed by atoms with Crippen molar-refractivity contribution >= 4 is 0 Å². The zero-order valence-electron chi connectivity index (χ0n) is 20.2. The number of hydrogen-bond donors (Lipinski definition) is 2. The SMILES string of the molecule is CC1=C2[C@H]3O[C@@H](CN4CC[C@H]4CO)O[C@H]3[C@]3(C)CC[C@H]4OC[C@H]4C3C[C@](O)(CC1)C2(C)C. The summed E-state index contributed by atoms with van der Waals surface area (Å²) in [5.74, 6) is 0.892. The van der Waals surface area contributed by atoms with E-state index in [1.165, 1.54) is 11.1 Å². The summed E-state index contributed by atoms with van der Waals surface area (Å²) in [5, 5.41) is 21.8. The molecule has 6 heteroatoms. The van der Waals surface area contributed by atoms with Gasteiger partial charge in [-0.05, 0) is 56.9 Å². The van der Waals surface area contributed by atoms with Crippen LogP contribution in [0.1, 0.15) is 66.2 Å². The number of aliphatic hydroxyl groups excluding tert-OH is 1. The van der Waals surface area contributed by atoms with Gasteiger partial charge in [-0.1, -0.05) is 26.3 Å². The fourth-order valence-electron chi connectivity index (χ4n) is 8.27. The van der Waals surface area contributed by atoms with E-state index in [0.717, 1.165) is 51.7 Å². The smallest absolute Gasteiger partial charge is 0.171 e. The predicted octanol–water partition coefficient (Wildman–Crippen LogP) is 2.87. The van der Waals surface area contributed by atoms with E-state index >= 15 is 0 Å². The molecule has 180 valence electrons. The maximum Gasteiger partial charge on any atom is 0.171 e. The van der Waals surface area contributed by atoms with Gasteiger partial charge in [-0.25, -0.2) is 0 Å². The molecule has 3 heterocycles. The van der Waals surface area contributed by atoms with Crippen molar-refractivity contribution in [2.24, 2.45) is 22.7 Å². The van der Waals surface area contributed by atoms with Crippen LogP contribution in [0.3, 0.4) is 0 Å². The number of nitrogens with zero attached hydrogens (tertiary/aromatic N) is 1. The molecule has 5 fully saturated rings. The molecule has 32 heavy (non-hydrogen) atoms. The van der Waals surface area contributed by atoms with Gasteiger partial charge in [0.15, 0.2) is 6.29 Å². The summed E-state index contributed by atoms with van der Waals surface area (Å²) in [6.07, 6.45) is 5.72. The lowest BCUT2D eigenvalue weighted by molar-refractivity contribution is -0.235. The number of ether oxygens (including phenoxy) is 3. The molecule has 6 nitrogen and oxygen atoms in total. The number of allylic oxidation sites excluding steroid dienone is 1. The minimum atomic E-state index is -0.725. The van der Waals surface area contributed by atoms with Crippen LogP contribution in [0.25, 0.3) is 0 Å². The fraction of sp³-hybridized carbons (Fsp3) is 0.923. The van der Waals surface area contributed by atoms with Gasteiger partial charge in [0.05, 0.1) is 31.0 Å². The Morgan fingerprint density at radius 1 is 1.12 bits per heavy atom. The molecule has 1 unspecified atom stereocenters. The molecule has 2 N–H and O–H groups in total. The summed E-state index contributed by atoms with van der Waals surface area (Å²) in [7, 11) is 0. The summed E-state index contributed by atoms with van der Waals surface area (Å²) in [5.41, 5.74) is 1.55. The highest BCUT2D eigenvalue weighted by molar-refractivity contribution is 5.35. The van der Waals surface area contributed by atoms with Crippen LogP contribution in [0.5, 0.6) is 0 Å². The highest BCUT2D eigenvalue weighted by Gasteiger charge is 2.66. The zero-order chi connectivity index (χ0) is 22.5. The molecule has 0 radical (unpaired) electrons. The van der Waals surface area contributed by atoms with Crippen LogP contribution in [-0.2, 0) is 14.2 Å². The first-order chi connectivity index (χ1) is 15.2. The molecule has 0 amide bonds. The van der Waals surface area contributed by atoms with Crippen molar-refractivity contribution in [1.82, 2.24) is 4.90 Å². The van der Waals surface area contributed by atoms with Crippen LogP contribution in [0.15, 0.2) is 11.1 Å². The van der Waals surface area contributed by atoms with E-state index in [1.54, 1.807) is 0 Å². The Balaban J connectivity index is 1.40. The molecular formula is C26H41NO5. The van der Waals surface area contributed by atoms with Crippen LogP contribution in [-0.4, -0.2) is 77.7 Å². The summed E-state index contributed by atoms with van der Waals surface area (Å²) in [6, 6.07) is 0.235. The standard InChI is InChI=1S/C26H41NO5/c1-15-5-9-26(29)11-18-17-14-30-19(17)6-8-25(18,4)23-22(21(15)24(26,2)3)31-20(32-23)12-27-10-7-16(27)13-28/h16-20,22-23,28-29H,5-14H2,1-4H3/t16-,17-,18?,19+,20+,22+,23+,25+,26+/m0/s1. The molecule has 0 aromatic rings. The van der Waals surface area contributed by atoms with Crippen LogP contribution in [0, 0.1) is 22.7 Å². The van der Waals surface area contributed by atoms with Crippen molar-refractivity contribution in [2.45, 2.75) is 102 Å². The molecule has 3 aliphatic carbocycles. The Morgan fingerprint density at radius 3 is 2.59 bits per heavy atom. The van der Waals surface area contributed by atoms with Crippen LogP contribution >= 0.6 is 0 Å². The third-order valence-electron chi connectivity index (χ3n) is 10.7. The van der Waals surface area contributed by atoms with E-state index in [2.05, 4.69) is 32.6 Å². The monoisotopic (exact) mass is 447 g/mol. The normalized spacial score (nSPS) is 52.1. The lowest BCUT2D eigenvalue weighted by Gasteiger charge is -2.62. The molecule has 2 saturated carbocycles. The van der Waals surface area contributed by atoms with Gasteiger partial charge in [-0.2, -0.15) is 0 Å². The van der Waals surface area contributed by atoms with Gasteiger partial charge < -0.3 is 24.4 Å². The number of hydrogen-bond acceptors (Lipinski definition) is 6. The second-order valence-electron chi connectivity index (χ2n) is 12.4. The highest BCUT2D eigenvalue weighted by atomic mass is 16.7. The highest BCUT2D eigenvalue weighted by Crippen LogP contribution is 2.64. The first kappa shape index (κ1) is 22.0. The van der Waals surface area contributed by atoms with E-state index in [0.29, 0.717) is 24.5 Å². The fourth-order valence-corrected chi connectivity index (χ4v) is 8.27. The minimum Gasteiger partial charge on any atom is -0.395 e. The summed E-state index contributed by atoms with van der Waals surface area (Å²) < 4.78 is 19.6. The molecule has 0 spiro atoms. The second kappa shape index (κ2) is 7.25. The van der Waals surface area contributed by atoms with Gasteiger partial charge in [0.2, 0.25) is 0 Å². The molecule has 6 aliphatic rings. The average Bonchev–Trinajstić information content (AvgIpc) is 3.10. The van der Waals surface area contributed by atoms with Gasteiger partial charge in [0, 0.05) is 35.9 Å². The minimum absolute atomic E-state index is 0.000205. The molecule has 2 bridgehead atoms. The first-order valence-corrected chi connectivity index (χ1v) is 12.9. The van der Waals surface area contributed by atoms with Gasteiger partial charge in [-0.15, -0.1) is 0 Å². The first-order valence-electron chi connectivity index (χ1n) is 12.9. The molecule has 9 atom stereocenters. The number of rotatable bonds is 3. The molecule has 0 aromatic heterocycles. The van der Waals surface area contributed by atoms with E-state index in [-0.39, 0.29) is 42.0 Å². The van der Waals surface area contributed by atoms with E-state index < -0.39 is 5.60 Å². The van der Waals surface area contributed by atoms with E-state index in [4.69, 9.17) is 14.2 Å². The Labute approximate surface area is 192 Å². The number of aliphatic hydroxyl groups is 2. The molecule has 3 saturated heterocycles. The van der Waals surface area contributed by atoms with Crippen LogP contribution in [0.2, 0.25) is 0 Å². The quantitative estimate of drug-likeness (QED) is 0.649. The van der Waals surface area contributed by atoms with Crippen LogP contribution in [0.4, 0.5) is 0 Å². The van der Waals surface area contributed by atoms with Crippen molar-refractivity contribution in [1.29, 1.82) is 0 Å². The second-order valence-corrected chi connectivity index (χ2v) is 12.4. The lowest BCUT2D eigenvalue weighted by Crippen LogP contribution is -2.65. The molecular weight excluding hydrogens is 406 g/mol. The Morgan fingerprint density at radius 2 is 1.94 bits per heavy atom. The zero-order valence-corrected chi connectivity index (χ0v) is 20.2. The van der Waals surface area contributed by atoms with Crippen molar-refractivity contribution < 1.29 is 24.4 Å². The molecule has 0 aromatic carbocycles. The van der Waals surface area contributed by atoms with Gasteiger partial charge in [0.25, 0.3) is 0 Å². The van der Waals surface area contributed by atoms with Crippen molar-refractivity contribution in [3.8, 4) is 0 Å². The summed E-state index contributed by atoms with van der Waals surface area (Å²) in [4.78, 5) is 2.30. The average molecular weight is 448 g/mol. The van der Waals surface area contributed by atoms with Crippen LogP contribution < -0.4 is 0 Å². The molecule has 6 rings (SSSR count). The van der Waals surface area contributed by atoms with Crippen molar-refractivity contribution in [3.05, 3.63) is 11.1 Å². The predicted molar refractivity (Wildman–Crippen MR) is 120 cm³/mol. The largest absolute Gasteiger partial charge is 0.395 e. The maximum absolute atomic E-state index is 12.2. The lowest BCUT2D eigenvalue weighted by atomic mass is 9.47. The summed E-state index contributed by atoms with van der Waals surface area (Å²) in [6.45, 7) is 11.8. The topological polar surface area (TPSA) is 71.4 Å². The Kier molecular flexibility index (Phi) is 4.98.